The lowest BCUT2D eigenvalue weighted by Crippen LogP contribution is -2.60. The Morgan fingerprint density at radius 3 is 1.61 bits per heavy atom. The molecule has 12 rings (SSSR count). The summed E-state index contributed by atoms with van der Waals surface area (Å²) in [6, 6.07) is 38.0. The summed E-state index contributed by atoms with van der Waals surface area (Å²) in [5, 5.41) is 1.36. The maximum Gasteiger partial charge on any atom is 0.264 e. The molecule has 1 aromatic heterocycles. The summed E-state index contributed by atoms with van der Waals surface area (Å²) >= 11 is 2.03. The van der Waals surface area contributed by atoms with Gasteiger partial charge in [-0.05, 0) is 206 Å². The third kappa shape index (κ3) is 7.06. The summed E-state index contributed by atoms with van der Waals surface area (Å²) in [5.41, 5.74) is 24.0. The summed E-state index contributed by atoms with van der Waals surface area (Å²) < 4.78 is 27.8. The Balaban J connectivity index is 1.22. The van der Waals surface area contributed by atoms with Crippen molar-refractivity contribution in [1.29, 1.82) is 0 Å². The fourth-order valence-electron chi connectivity index (χ4n) is 14.1. The van der Waals surface area contributed by atoms with E-state index >= 15 is 0 Å². The van der Waals surface area contributed by atoms with Crippen LogP contribution in [0.2, 0.25) is 0 Å². The molecule has 72 heavy (non-hydrogen) atoms. The van der Waals surface area contributed by atoms with Gasteiger partial charge in [0.05, 0.1) is 11.4 Å². The monoisotopic (exact) mass is 970 g/mol. The topological polar surface area (TPSA) is 6.48 Å². The Hall–Kier alpha value is -5.06. The number of hydrogen-bond acceptors (Lipinski definition) is 3. The van der Waals surface area contributed by atoms with Gasteiger partial charge in [0, 0.05) is 47.3 Å². The minimum Gasteiger partial charge on any atom is -0.311 e. The second-order valence-corrected chi connectivity index (χ2v) is 29.2. The molecule has 3 aliphatic carbocycles. The van der Waals surface area contributed by atoms with Crippen LogP contribution in [0.5, 0.6) is 0 Å². The van der Waals surface area contributed by atoms with Crippen molar-refractivity contribution in [3.8, 4) is 11.1 Å². The van der Waals surface area contributed by atoms with Crippen molar-refractivity contribution < 1.29 is 4.11 Å². The van der Waals surface area contributed by atoms with Crippen molar-refractivity contribution in [3.63, 3.8) is 0 Å². The largest absolute Gasteiger partial charge is 0.311 e. The van der Waals surface area contributed by atoms with Crippen molar-refractivity contribution in [3.05, 3.63) is 147 Å². The molecule has 0 radical (unpaired) electrons. The zero-order chi connectivity index (χ0) is 53.7. The van der Waals surface area contributed by atoms with E-state index in [-0.39, 0.29) is 44.6 Å². The normalized spacial score (nSPS) is 21.1. The quantitative estimate of drug-likeness (QED) is 0.163. The molecule has 0 saturated carbocycles. The van der Waals surface area contributed by atoms with Crippen LogP contribution in [-0.2, 0) is 37.9 Å². The fourth-order valence-corrected chi connectivity index (χ4v) is 15.4. The van der Waals surface area contributed by atoms with Gasteiger partial charge in [-0.1, -0.05) is 152 Å². The predicted octanol–water partition coefficient (Wildman–Crippen LogP) is 17.6. The molecular formula is C68H79BN2S. The maximum absolute atomic E-state index is 8.33. The van der Waals surface area contributed by atoms with Crippen molar-refractivity contribution in [1.82, 2.24) is 0 Å². The van der Waals surface area contributed by atoms with E-state index < -0.39 is 6.85 Å². The summed E-state index contributed by atoms with van der Waals surface area (Å²) in [4.78, 5) is 5.35. The molecular weight excluding hydrogens is 888 g/mol. The molecule has 5 aliphatic rings. The number of nitrogens with zero attached hydrogens (tertiary/aromatic N) is 2. The highest BCUT2D eigenvalue weighted by Crippen LogP contribution is 2.56. The highest BCUT2D eigenvalue weighted by molar-refractivity contribution is 7.33. The molecule has 0 unspecified atom stereocenters. The smallest absolute Gasteiger partial charge is 0.264 e. The van der Waals surface area contributed by atoms with Gasteiger partial charge in [0.15, 0.2) is 0 Å². The minimum absolute atomic E-state index is 0.0196. The van der Waals surface area contributed by atoms with Gasteiger partial charge in [0.1, 0.15) is 0 Å². The van der Waals surface area contributed by atoms with Crippen LogP contribution >= 0.6 is 11.3 Å². The summed E-state index contributed by atoms with van der Waals surface area (Å²) in [6.07, 6.45) is 6.87. The second kappa shape index (κ2) is 15.3. The maximum atomic E-state index is 8.33. The SMILES string of the molecule is [2H]C([2H])([2H])c1ccc(-c2cc3c(cc2N2c4ccc(C(C)(C)C)cc4B4c5sc6cc7c(cc6c5N(c5ccc6c(c5)C(C)(C)CCC6(C)C)c5cc(C)cc2c54)C(C)(C)CCC7(C)C)C(C)(C)CCC3(C)C)cc1. The lowest BCUT2D eigenvalue weighted by Gasteiger charge is -2.46. The van der Waals surface area contributed by atoms with E-state index in [9.17, 15) is 0 Å². The Bertz CT molecular complexity index is 3560. The van der Waals surface area contributed by atoms with Gasteiger partial charge in [-0.2, -0.15) is 0 Å². The third-order valence-corrected chi connectivity index (χ3v) is 20.4. The Morgan fingerprint density at radius 1 is 0.500 bits per heavy atom. The van der Waals surface area contributed by atoms with Gasteiger partial charge in [-0.3, -0.25) is 0 Å². The first-order valence-electron chi connectivity index (χ1n) is 28.7. The van der Waals surface area contributed by atoms with Crippen molar-refractivity contribution in [2.45, 2.75) is 194 Å². The van der Waals surface area contributed by atoms with Gasteiger partial charge >= 0.3 is 0 Å². The van der Waals surface area contributed by atoms with Gasteiger partial charge in [-0.15, -0.1) is 11.3 Å². The predicted molar refractivity (Wildman–Crippen MR) is 315 cm³/mol. The first-order valence-corrected chi connectivity index (χ1v) is 28.1. The molecule has 2 aliphatic heterocycles. The zero-order valence-electron chi connectivity index (χ0n) is 49.4. The molecule has 0 N–H and O–H groups in total. The van der Waals surface area contributed by atoms with E-state index in [4.69, 9.17) is 4.11 Å². The van der Waals surface area contributed by atoms with Gasteiger partial charge in [-0.25, -0.2) is 0 Å². The summed E-state index contributed by atoms with van der Waals surface area (Å²) in [6.45, 7) is 36.5. The van der Waals surface area contributed by atoms with Gasteiger partial charge < -0.3 is 9.80 Å². The molecule has 0 atom stereocenters. The average molecular weight is 970 g/mol. The van der Waals surface area contributed by atoms with Crippen LogP contribution < -0.4 is 25.5 Å². The summed E-state index contributed by atoms with van der Waals surface area (Å²) in [5.74, 6) is 0. The van der Waals surface area contributed by atoms with E-state index in [0.29, 0.717) is 5.56 Å². The molecule has 6 aromatic carbocycles. The van der Waals surface area contributed by atoms with Crippen LogP contribution in [0, 0.1) is 13.8 Å². The molecule has 0 bridgehead atoms. The molecule has 2 nitrogen and oxygen atoms in total. The molecule has 4 heteroatoms. The van der Waals surface area contributed by atoms with Crippen molar-refractivity contribution in [2.24, 2.45) is 0 Å². The number of fused-ring (bicyclic) bond motifs is 9. The lowest BCUT2D eigenvalue weighted by molar-refractivity contribution is 0.332. The van der Waals surface area contributed by atoms with E-state index in [1.165, 1.54) is 118 Å². The Labute approximate surface area is 442 Å². The second-order valence-electron chi connectivity index (χ2n) is 28.1. The van der Waals surface area contributed by atoms with Crippen LogP contribution in [0.15, 0.2) is 97.1 Å². The molecule has 0 amide bonds. The number of thiophene rings is 1. The van der Waals surface area contributed by atoms with Crippen LogP contribution in [0.1, 0.15) is 197 Å². The number of anilines is 6. The van der Waals surface area contributed by atoms with Crippen LogP contribution in [0.25, 0.3) is 21.2 Å². The molecule has 3 heterocycles. The van der Waals surface area contributed by atoms with E-state index in [0.717, 1.165) is 36.1 Å². The Kier molecular flexibility index (Phi) is 9.43. The number of benzene rings is 6. The van der Waals surface area contributed by atoms with Gasteiger partial charge in [0.25, 0.3) is 6.71 Å². The van der Waals surface area contributed by atoms with Crippen molar-refractivity contribution in [2.75, 3.05) is 9.80 Å². The standard InChI is InChI=1S/C68H79BN2S/c1-40-18-20-42(21-19-40)45-36-49-51(67(14,15)30-28-65(49,10)11)38-55(45)71-54-25-22-43(62(3,4)5)34-53(54)69-59-56(32-41(2)33-57(59)71)70(44-23-24-47-48(35-44)64(8,9)27-26-63(47,6)7)60-46-37-50-52(39-58(46)72-61(60)69)68(16,17)31-29-66(50,12)13/h18-25,32-39H,26-31H2,1-17H3/i1D3. The minimum atomic E-state index is -2.19. The van der Waals surface area contributed by atoms with Crippen LogP contribution in [-0.4, -0.2) is 6.71 Å². The molecule has 370 valence electrons. The lowest BCUT2D eigenvalue weighted by atomic mass is 9.36. The van der Waals surface area contributed by atoms with Crippen LogP contribution in [0.3, 0.4) is 0 Å². The molecule has 7 aromatic rings. The van der Waals surface area contributed by atoms with E-state index in [1.54, 1.807) is 0 Å². The van der Waals surface area contributed by atoms with E-state index in [2.05, 4.69) is 206 Å². The first kappa shape index (κ1) is 44.4. The highest BCUT2D eigenvalue weighted by Gasteiger charge is 2.49. The zero-order valence-corrected chi connectivity index (χ0v) is 47.2. The number of rotatable bonds is 3. The third-order valence-electron chi connectivity index (χ3n) is 19.1. The first-order chi connectivity index (χ1) is 34.8. The van der Waals surface area contributed by atoms with E-state index in [1.807, 2.05) is 23.5 Å². The Morgan fingerprint density at radius 2 is 1.03 bits per heavy atom. The van der Waals surface area contributed by atoms with Crippen LogP contribution in [0.4, 0.5) is 34.1 Å². The highest BCUT2D eigenvalue weighted by atomic mass is 32.1. The van der Waals surface area contributed by atoms with Crippen molar-refractivity contribution >= 4 is 78.0 Å². The molecule has 0 saturated heterocycles. The van der Waals surface area contributed by atoms with Gasteiger partial charge in [0.2, 0.25) is 0 Å². The number of aryl methyl sites for hydroxylation is 2. The molecule has 0 spiro atoms. The number of hydrogen-bond donors (Lipinski definition) is 0. The summed E-state index contributed by atoms with van der Waals surface area (Å²) in [7, 11) is 0. The fraction of sp³-hybridized carbons (Fsp3) is 0.441. The molecule has 0 fully saturated rings. The average Bonchev–Trinajstić information content (AvgIpc) is 3.71.